The number of allylic oxidation sites excluding steroid dienone is 1. The van der Waals surface area contributed by atoms with E-state index in [4.69, 9.17) is 9.47 Å². The fraction of sp³-hybridized carbons (Fsp3) is 0.833. The summed E-state index contributed by atoms with van der Waals surface area (Å²) in [6.45, 7) is 2.68. The van der Waals surface area contributed by atoms with Gasteiger partial charge in [0.1, 0.15) is 0 Å². The van der Waals surface area contributed by atoms with Gasteiger partial charge in [-0.05, 0) is 44.1 Å². The van der Waals surface area contributed by atoms with Crippen molar-refractivity contribution in [3.63, 3.8) is 0 Å². The van der Waals surface area contributed by atoms with E-state index in [1.165, 1.54) is 44.1 Å². The fourth-order valence-electron chi connectivity index (χ4n) is 2.19. The Bertz CT molecular complexity index is 184. The summed E-state index contributed by atoms with van der Waals surface area (Å²) >= 11 is 0. The summed E-state index contributed by atoms with van der Waals surface area (Å²) in [5.41, 5.74) is 1.50. The van der Waals surface area contributed by atoms with Gasteiger partial charge < -0.3 is 9.47 Å². The van der Waals surface area contributed by atoms with Crippen LogP contribution >= 0.6 is 0 Å². The van der Waals surface area contributed by atoms with Crippen molar-refractivity contribution in [3.05, 3.63) is 11.8 Å². The predicted octanol–water partition coefficient (Wildman–Crippen LogP) is 2.89. The van der Waals surface area contributed by atoms with Crippen LogP contribution in [0.5, 0.6) is 0 Å². The van der Waals surface area contributed by atoms with E-state index >= 15 is 0 Å². The molecule has 0 bridgehead atoms. The van der Waals surface area contributed by atoms with E-state index in [1.54, 1.807) is 0 Å². The minimum absolute atomic E-state index is 0.627. The maximum atomic E-state index is 5.62. The van der Waals surface area contributed by atoms with Crippen LogP contribution in [0.1, 0.15) is 38.5 Å². The largest absolute Gasteiger partial charge is 0.501 e. The van der Waals surface area contributed by atoms with Crippen LogP contribution in [0.25, 0.3) is 0 Å². The number of hydrogen-bond donors (Lipinski definition) is 0. The minimum atomic E-state index is 0.627. The van der Waals surface area contributed by atoms with Crippen LogP contribution in [-0.2, 0) is 9.47 Å². The predicted molar refractivity (Wildman–Crippen MR) is 56.0 cm³/mol. The molecule has 0 spiro atoms. The van der Waals surface area contributed by atoms with Gasteiger partial charge in [-0.25, -0.2) is 0 Å². The number of ether oxygens (including phenoxy) is 2. The second-order valence-electron chi connectivity index (χ2n) is 4.40. The van der Waals surface area contributed by atoms with E-state index in [1.807, 2.05) is 6.26 Å². The molecule has 1 unspecified atom stereocenters. The molecule has 2 nitrogen and oxygen atoms in total. The van der Waals surface area contributed by atoms with Crippen molar-refractivity contribution in [1.82, 2.24) is 0 Å². The van der Waals surface area contributed by atoms with Gasteiger partial charge in [-0.2, -0.15) is 0 Å². The summed E-state index contributed by atoms with van der Waals surface area (Å²) in [6.07, 6.45) is 9.67. The van der Waals surface area contributed by atoms with E-state index in [0.29, 0.717) is 5.92 Å². The van der Waals surface area contributed by atoms with Crippen LogP contribution in [0, 0.1) is 5.92 Å². The summed E-state index contributed by atoms with van der Waals surface area (Å²) in [4.78, 5) is 0. The molecule has 2 heteroatoms. The van der Waals surface area contributed by atoms with Crippen molar-refractivity contribution in [2.45, 2.75) is 38.5 Å². The Kier molecular flexibility index (Phi) is 3.87. The first kappa shape index (κ1) is 10.0. The van der Waals surface area contributed by atoms with Gasteiger partial charge in [0.2, 0.25) is 0 Å². The molecule has 0 aromatic heterocycles. The highest BCUT2D eigenvalue weighted by Gasteiger charge is 2.14. The number of hydrogen-bond acceptors (Lipinski definition) is 2. The standard InChI is InChI=1S/C12H20O2/c1-2-5-11(4-1)8-14-10-12-6-3-7-13-9-12/h8,12H,1-7,9-10H2. The molecule has 80 valence electrons. The van der Waals surface area contributed by atoms with Gasteiger partial charge in [-0.3, -0.25) is 0 Å². The normalized spacial score (nSPS) is 27.7. The molecule has 2 fully saturated rings. The van der Waals surface area contributed by atoms with Crippen molar-refractivity contribution in [3.8, 4) is 0 Å². The monoisotopic (exact) mass is 196 g/mol. The Morgan fingerprint density at radius 1 is 1.29 bits per heavy atom. The summed E-state index contributed by atoms with van der Waals surface area (Å²) in [5, 5.41) is 0. The van der Waals surface area contributed by atoms with Gasteiger partial charge in [-0.1, -0.05) is 0 Å². The second-order valence-corrected chi connectivity index (χ2v) is 4.40. The quantitative estimate of drug-likeness (QED) is 0.646. The SMILES string of the molecule is C(OCC1CCCOC1)=C1CCCC1. The molecule has 0 radical (unpaired) electrons. The fourth-order valence-corrected chi connectivity index (χ4v) is 2.19. The molecule has 0 aromatic carbocycles. The van der Waals surface area contributed by atoms with Crippen LogP contribution in [0.4, 0.5) is 0 Å². The zero-order chi connectivity index (χ0) is 9.64. The molecule has 2 rings (SSSR count). The van der Waals surface area contributed by atoms with Gasteiger partial charge in [-0.15, -0.1) is 0 Å². The highest BCUT2D eigenvalue weighted by atomic mass is 16.5. The molecule has 0 amide bonds. The molecule has 1 aliphatic heterocycles. The van der Waals surface area contributed by atoms with Crippen LogP contribution in [-0.4, -0.2) is 19.8 Å². The van der Waals surface area contributed by atoms with Crippen LogP contribution in [0.15, 0.2) is 11.8 Å². The average molecular weight is 196 g/mol. The Labute approximate surface area is 86.3 Å². The second kappa shape index (κ2) is 5.40. The van der Waals surface area contributed by atoms with Crippen LogP contribution in [0.2, 0.25) is 0 Å². The smallest absolute Gasteiger partial charge is 0.0923 e. The van der Waals surface area contributed by atoms with Crippen molar-refractivity contribution >= 4 is 0 Å². The third kappa shape index (κ3) is 3.02. The Balaban J connectivity index is 1.63. The van der Waals surface area contributed by atoms with Crippen molar-refractivity contribution in [2.24, 2.45) is 5.92 Å². The van der Waals surface area contributed by atoms with Crippen molar-refractivity contribution < 1.29 is 9.47 Å². The Hall–Kier alpha value is -0.500. The lowest BCUT2D eigenvalue weighted by Gasteiger charge is -2.21. The molecule has 1 saturated carbocycles. The molecule has 1 aliphatic carbocycles. The zero-order valence-corrected chi connectivity index (χ0v) is 8.84. The molecular weight excluding hydrogens is 176 g/mol. The third-order valence-electron chi connectivity index (χ3n) is 3.08. The first-order chi connectivity index (χ1) is 6.95. The summed E-state index contributed by atoms with van der Waals surface area (Å²) in [7, 11) is 0. The van der Waals surface area contributed by atoms with Crippen LogP contribution in [0.3, 0.4) is 0 Å². The average Bonchev–Trinajstić information content (AvgIpc) is 2.72. The van der Waals surface area contributed by atoms with E-state index in [9.17, 15) is 0 Å². The first-order valence-corrected chi connectivity index (χ1v) is 5.82. The van der Waals surface area contributed by atoms with E-state index in [-0.39, 0.29) is 0 Å². The molecule has 0 aromatic rings. The van der Waals surface area contributed by atoms with Gasteiger partial charge in [0.05, 0.1) is 19.5 Å². The molecule has 14 heavy (non-hydrogen) atoms. The van der Waals surface area contributed by atoms with E-state index in [0.717, 1.165) is 19.8 Å². The van der Waals surface area contributed by atoms with Crippen molar-refractivity contribution in [2.75, 3.05) is 19.8 Å². The van der Waals surface area contributed by atoms with Gasteiger partial charge in [0.15, 0.2) is 0 Å². The van der Waals surface area contributed by atoms with E-state index < -0.39 is 0 Å². The summed E-state index contributed by atoms with van der Waals surface area (Å²) < 4.78 is 11.0. The molecule has 0 N–H and O–H groups in total. The highest BCUT2D eigenvalue weighted by molar-refractivity contribution is 5.02. The molecule has 1 atom stereocenters. The maximum Gasteiger partial charge on any atom is 0.0923 e. The first-order valence-electron chi connectivity index (χ1n) is 5.82. The highest BCUT2D eigenvalue weighted by Crippen LogP contribution is 2.23. The molecular formula is C12H20O2. The third-order valence-corrected chi connectivity index (χ3v) is 3.08. The van der Waals surface area contributed by atoms with Crippen LogP contribution < -0.4 is 0 Å². The molecule has 1 heterocycles. The molecule has 1 saturated heterocycles. The van der Waals surface area contributed by atoms with Gasteiger partial charge in [0, 0.05) is 12.5 Å². The number of rotatable bonds is 3. The maximum absolute atomic E-state index is 5.62. The van der Waals surface area contributed by atoms with Gasteiger partial charge in [0.25, 0.3) is 0 Å². The zero-order valence-electron chi connectivity index (χ0n) is 8.84. The van der Waals surface area contributed by atoms with E-state index in [2.05, 4.69) is 0 Å². The Morgan fingerprint density at radius 2 is 2.14 bits per heavy atom. The lowest BCUT2D eigenvalue weighted by atomic mass is 10.0. The lowest BCUT2D eigenvalue weighted by Crippen LogP contribution is -2.20. The summed E-state index contributed by atoms with van der Waals surface area (Å²) in [6, 6.07) is 0. The summed E-state index contributed by atoms with van der Waals surface area (Å²) in [5.74, 6) is 0.627. The topological polar surface area (TPSA) is 18.5 Å². The van der Waals surface area contributed by atoms with Gasteiger partial charge >= 0.3 is 0 Å². The minimum Gasteiger partial charge on any atom is -0.501 e. The Morgan fingerprint density at radius 3 is 2.86 bits per heavy atom. The lowest BCUT2D eigenvalue weighted by molar-refractivity contribution is 0.0264. The molecule has 2 aliphatic rings. The van der Waals surface area contributed by atoms with Crippen molar-refractivity contribution in [1.29, 1.82) is 0 Å².